The number of nitrogens with zero attached hydrogens (tertiary/aromatic N) is 1. The summed E-state index contributed by atoms with van der Waals surface area (Å²) in [5, 5.41) is 3.18. The van der Waals surface area contributed by atoms with Crippen LogP contribution in [0, 0.1) is 0 Å². The van der Waals surface area contributed by atoms with E-state index in [9.17, 15) is 0 Å². The normalized spacial score (nSPS) is 11.2. The van der Waals surface area contributed by atoms with Crippen LogP contribution in [0.5, 0.6) is 5.75 Å². The SMILES string of the molecule is CCNc1ccc(COc2cccc(C(C)(C)C)c2)cn1. The molecule has 2 aromatic rings. The van der Waals surface area contributed by atoms with Crippen molar-refractivity contribution in [1.82, 2.24) is 4.98 Å². The molecule has 0 amide bonds. The third-order valence-corrected chi connectivity index (χ3v) is 3.29. The zero-order chi connectivity index (χ0) is 15.3. The van der Waals surface area contributed by atoms with Gasteiger partial charge in [0.25, 0.3) is 0 Å². The highest BCUT2D eigenvalue weighted by Gasteiger charge is 2.13. The molecule has 1 N–H and O–H groups in total. The molecule has 1 heterocycles. The average Bonchev–Trinajstić information content (AvgIpc) is 2.46. The molecule has 3 heteroatoms. The van der Waals surface area contributed by atoms with Crippen molar-refractivity contribution in [2.24, 2.45) is 0 Å². The summed E-state index contributed by atoms with van der Waals surface area (Å²) in [5.74, 6) is 1.80. The Morgan fingerprint density at radius 2 is 1.95 bits per heavy atom. The van der Waals surface area contributed by atoms with E-state index in [0.29, 0.717) is 6.61 Å². The van der Waals surface area contributed by atoms with Crippen LogP contribution in [0.4, 0.5) is 5.82 Å². The van der Waals surface area contributed by atoms with Crippen LogP contribution in [0.3, 0.4) is 0 Å². The Balaban J connectivity index is 1.99. The van der Waals surface area contributed by atoms with Crippen LogP contribution in [0.15, 0.2) is 42.6 Å². The third-order valence-electron chi connectivity index (χ3n) is 3.29. The lowest BCUT2D eigenvalue weighted by Crippen LogP contribution is -2.11. The molecular weight excluding hydrogens is 260 g/mol. The maximum Gasteiger partial charge on any atom is 0.125 e. The number of hydrogen-bond acceptors (Lipinski definition) is 3. The monoisotopic (exact) mass is 284 g/mol. The zero-order valence-corrected chi connectivity index (χ0v) is 13.3. The largest absolute Gasteiger partial charge is 0.489 e. The van der Waals surface area contributed by atoms with Crippen molar-refractivity contribution in [2.45, 2.75) is 39.7 Å². The maximum absolute atomic E-state index is 5.87. The van der Waals surface area contributed by atoms with Gasteiger partial charge in [-0.3, -0.25) is 0 Å². The molecule has 0 atom stereocenters. The fourth-order valence-electron chi connectivity index (χ4n) is 2.01. The van der Waals surface area contributed by atoms with E-state index in [1.54, 1.807) is 0 Å². The standard InChI is InChI=1S/C18H24N2O/c1-5-19-17-10-9-14(12-20-17)13-21-16-8-6-7-15(11-16)18(2,3)4/h6-12H,5,13H2,1-4H3,(H,19,20). The molecule has 21 heavy (non-hydrogen) atoms. The van der Waals surface area contributed by atoms with Crippen LogP contribution in [0.2, 0.25) is 0 Å². The number of rotatable bonds is 5. The van der Waals surface area contributed by atoms with E-state index < -0.39 is 0 Å². The Kier molecular flexibility index (Phi) is 4.84. The van der Waals surface area contributed by atoms with E-state index in [1.807, 2.05) is 30.5 Å². The van der Waals surface area contributed by atoms with Gasteiger partial charge in [0, 0.05) is 18.3 Å². The first-order valence-corrected chi connectivity index (χ1v) is 7.41. The molecule has 2 rings (SSSR count). The van der Waals surface area contributed by atoms with Crippen LogP contribution >= 0.6 is 0 Å². The number of hydrogen-bond donors (Lipinski definition) is 1. The molecule has 0 spiro atoms. The zero-order valence-electron chi connectivity index (χ0n) is 13.3. The summed E-state index contributed by atoms with van der Waals surface area (Å²) in [6.45, 7) is 10.1. The van der Waals surface area contributed by atoms with Crippen LogP contribution in [-0.2, 0) is 12.0 Å². The molecule has 0 unspecified atom stereocenters. The van der Waals surface area contributed by atoms with Crippen molar-refractivity contribution >= 4 is 5.82 Å². The van der Waals surface area contributed by atoms with E-state index in [2.05, 4.69) is 50.1 Å². The Morgan fingerprint density at radius 1 is 1.14 bits per heavy atom. The quantitative estimate of drug-likeness (QED) is 0.884. The third kappa shape index (κ3) is 4.48. The lowest BCUT2D eigenvalue weighted by molar-refractivity contribution is 0.305. The number of benzene rings is 1. The molecule has 0 aliphatic carbocycles. The molecule has 0 saturated heterocycles. The molecule has 0 radical (unpaired) electrons. The van der Waals surface area contributed by atoms with Crippen molar-refractivity contribution in [3.63, 3.8) is 0 Å². The Bertz CT molecular complexity index is 571. The minimum Gasteiger partial charge on any atom is -0.489 e. The molecule has 112 valence electrons. The van der Waals surface area contributed by atoms with Gasteiger partial charge in [-0.1, -0.05) is 39.0 Å². The maximum atomic E-state index is 5.87. The van der Waals surface area contributed by atoms with Crippen molar-refractivity contribution in [3.05, 3.63) is 53.7 Å². The van der Waals surface area contributed by atoms with Crippen molar-refractivity contribution < 1.29 is 4.74 Å². The lowest BCUT2D eigenvalue weighted by Gasteiger charge is -2.19. The molecule has 1 aromatic carbocycles. The van der Waals surface area contributed by atoms with Gasteiger partial charge >= 0.3 is 0 Å². The molecule has 0 saturated carbocycles. The second kappa shape index (κ2) is 6.61. The first-order valence-electron chi connectivity index (χ1n) is 7.41. The van der Waals surface area contributed by atoms with E-state index >= 15 is 0 Å². The van der Waals surface area contributed by atoms with Crippen LogP contribution < -0.4 is 10.1 Å². The molecule has 1 aromatic heterocycles. The van der Waals surface area contributed by atoms with Gasteiger partial charge < -0.3 is 10.1 Å². The van der Waals surface area contributed by atoms with Crippen LogP contribution in [0.1, 0.15) is 38.8 Å². The summed E-state index contributed by atoms with van der Waals surface area (Å²) in [6, 6.07) is 12.3. The minimum atomic E-state index is 0.133. The predicted octanol–water partition coefficient (Wildman–Crippen LogP) is 4.39. The van der Waals surface area contributed by atoms with Gasteiger partial charge in [-0.25, -0.2) is 4.98 Å². The van der Waals surface area contributed by atoms with Crippen molar-refractivity contribution in [1.29, 1.82) is 0 Å². The second-order valence-corrected chi connectivity index (χ2v) is 6.15. The van der Waals surface area contributed by atoms with E-state index in [1.165, 1.54) is 5.56 Å². The van der Waals surface area contributed by atoms with Gasteiger partial charge in [0.2, 0.25) is 0 Å². The highest BCUT2D eigenvalue weighted by atomic mass is 16.5. The summed E-state index contributed by atoms with van der Waals surface area (Å²) in [6.07, 6.45) is 1.85. The minimum absolute atomic E-state index is 0.133. The Labute approximate surface area is 127 Å². The molecule has 0 bridgehead atoms. The summed E-state index contributed by atoms with van der Waals surface area (Å²) in [7, 11) is 0. The van der Waals surface area contributed by atoms with E-state index in [4.69, 9.17) is 4.74 Å². The Morgan fingerprint density at radius 3 is 2.57 bits per heavy atom. The highest BCUT2D eigenvalue weighted by Crippen LogP contribution is 2.26. The molecule has 3 nitrogen and oxygen atoms in total. The number of pyridine rings is 1. The van der Waals surface area contributed by atoms with E-state index in [0.717, 1.165) is 23.7 Å². The number of ether oxygens (including phenoxy) is 1. The first kappa shape index (κ1) is 15.4. The fourth-order valence-corrected chi connectivity index (χ4v) is 2.01. The van der Waals surface area contributed by atoms with Gasteiger partial charge in [0.1, 0.15) is 18.2 Å². The van der Waals surface area contributed by atoms with Gasteiger partial charge in [-0.15, -0.1) is 0 Å². The van der Waals surface area contributed by atoms with Gasteiger partial charge in [-0.05, 0) is 36.1 Å². The fraction of sp³-hybridized carbons (Fsp3) is 0.389. The predicted molar refractivity (Wildman–Crippen MR) is 87.9 cm³/mol. The second-order valence-electron chi connectivity index (χ2n) is 6.15. The number of anilines is 1. The molecular formula is C18H24N2O. The molecule has 0 aliphatic heterocycles. The van der Waals surface area contributed by atoms with Crippen LogP contribution in [-0.4, -0.2) is 11.5 Å². The van der Waals surface area contributed by atoms with E-state index in [-0.39, 0.29) is 5.41 Å². The number of nitrogens with one attached hydrogen (secondary N) is 1. The van der Waals surface area contributed by atoms with Crippen molar-refractivity contribution in [2.75, 3.05) is 11.9 Å². The summed E-state index contributed by atoms with van der Waals surface area (Å²) >= 11 is 0. The first-order chi connectivity index (χ1) is 9.99. The molecule has 0 fully saturated rings. The lowest BCUT2D eigenvalue weighted by atomic mass is 9.87. The number of aromatic nitrogens is 1. The summed E-state index contributed by atoms with van der Waals surface area (Å²) in [5.41, 5.74) is 2.48. The highest BCUT2D eigenvalue weighted by molar-refractivity contribution is 5.36. The smallest absolute Gasteiger partial charge is 0.125 e. The van der Waals surface area contributed by atoms with Crippen molar-refractivity contribution in [3.8, 4) is 5.75 Å². The Hall–Kier alpha value is -2.03. The van der Waals surface area contributed by atoms with Gasteiger partial charge in [-0.2, -0.15) is 0 Å². The average molecular weight is 284 g/mol. The van der Waals surface area contributed by atoms with Gasteiger partial charge in [0.05, 0.1) is 0 Å². The topological polar surface area (TPSA) is 34.1 Å². The molecule has 0 aliphatic rings. The summed E-state index contributed by atoms with van der Waals surface area (Å²) in [4.78, 5) is 4.35. The van der Waals surface area contributed by atoms with Gasteiger partial charge in [0.15, 0.2) is 0 Å². The summed E-state index contributed by atoms with van der Waals surface area (Å²) < 4.78 is 5.87. The van der Waals surface area contributed by atoms with Crippen LogP contribution in [0.25, 0.3) is 0 Å².